The van der Waals surface area contributed by atoms with E-state index < -0.39 is 11.2 Å². The van der Waals surface area contributed by atoms with Gasteiger partial charge in [-0.1, -0.05) is 58.4 Å². The van der Waals surface area contributed by atoms with Crippen LogP contribution in [0.25, 0.3) is 0 Å². The Morgan fingerprint density at radius 2 is 1.82 bits per heavy atom. The Labute approximate surface area is 168 Å². The lowest BCUT2D eigenvalue weighted by Gasteiger charge is -2.12. The van der Waals surface area contributed by atoms with Crippen molar-refractivity contribution in [3.8, 4) is 5.88 Å². The highest BCUT2D eigenvalue weighted by Crippen LogP contribution is 2.27. The monoisotopic (exact) mass is 440 g/mol. The maximum atomic E-state index is 12.4. The standard InChI is InChI=1S/C20H17BrN4O3/c21-14-8-6-13(7-9-14)15-10-16(24-23-15)17-18(26)22-20(28)25(19(17)27)11-12-4-2-1-3-5-12/h1-9,15,23,27H,10-11H2,(H,22,26,28). The SMILES string of the molecule is O=c1[nH]c(=O)n(Cc2ccccc2)c(O)c1C1=NNC(c2ccc(Br)cc2)C1. The second-order valence-electron chi connectivity index (χ2n) is 6.53. The summed E-state index contributed by atoms with van der Waals surface area (Å²) in [6, 6.07) is 16.9. The van der Waals surface area contributed by atoms with Crippen molar-refractivity contribution in [3.63, 3.8) is 0 Å². The Kier molecular flexibility index (Phi) is 4.87. The van der Waals surface area contributed by atoms with Crippen LogP contribution in [0.4, 0.5) is 0 Å². The summed E-state index contributed by atoms with van der Waals surface area (Å²) in [6.45, 7) is 0.145. The first-order valence-corrected chi connectivity index (χ1v) is 9.50. The third-order valence-corrected chi connectivity index (χ3v) is 5.20. The molecule has 3 aromatic rings. The fourth-order valence-corrected chi connectivity index (χ4v) is 3.48. The molecule has 142 valence electrons. The third-order valence-electron chi connectivity index (χ3n) is 4.67. The van der Waals surface area contributed by atoms with E-state index in [4.69, 9.17) is 0 Å². The summed E-state index contributed by atoms with van der Waals surface area (Å²) in [5.74, 6) is -0.380. The summed E-state index contributed by atoms with van der Waals surface area (Å²) in [6.07, 6.45) is 0.418. The Morgan fingerprint density at radius 1 is 1.11 bits per heavy atom. The zero-order valence-corrected chi connectivity index (χ0v) is 16.3. The summed E-state index contributed by atoms with van der Waals surface area (Å²) < 4.78 is 2.11. The molecule has 1 atom stereocenters. The molecule has 0 saturated carbocycles. The molecule has 3 N–H and O–H groups in total. The summed E-state index contributed by atoms with van der Waals surface area (Å²) in [7, 11) is 0. The van der Waals surface area contributed by atoms with Crippen molar-refractivity contribution < 1.29 is 5.11 Å². The second-order valence-corrected chi connectivity index (χ2v) is 7.44. The Bertz CT molecular complexity index is 1150. The van der Waals surface area contributed by atoms with E-state index >= 15 is 0 Å². The van der Waals surface area contributed by atoms with Crippen molar-refractivity contribution in [2.75, 3.05) is 0 Å². The van der Waals surface area contributed by atoms with Crippen molar-refractivity contribution in [3.05, 3.63) is 96.6 Å². The summed E-state index contributed by atoms with van der Waals surface area (Å²) in [4.78, 5) is 26.9. The first kappa shape index (κ1) is 18.2. The smallest absolute Gasteiger partial charge is 0.331 e. The number of nitrogens with zero attached hydrogens (tertiary/aromatic N) is 2. The molecular formula is C20H17BrN4O3. The van der Waals surface area contributed by atoms with Crippen LogP contribution in [0.2, 0.25) is 0 Å². The predicted octanol–water partition coefficient (Wildman–Crippen LogP) is 2.49. The minimum Gasteiger partial charge on any atom is -0.494 e. The highest BCUT2D eigenvalue weighted by Gasteiger charge is 2.27. The van der Waals surface area contributed by atoms with Crippen LogP contribution < -0.4 is 16.7 Å². The number of hydrogen-bond donors (Lipinski definition) is 3. The van der Waals surface area contributed by atoms with Crippen molar-refractivity contribution >= 4 is 21.6 Å². The lowest BCUT2D eigenvalue weighted by Crippen LogP contribution is -2.34. The van der Waals surface area contributed by atoms with E-state index in [-0.39, 0.29) is 24.0 Å². The maximum absolute atomic E-state index is 12.4. The van der Waals surface area contributed by atoms with Crippen LogP contribution in [0.15, 0.2) is 73.8 Å². The quantitative estimate of drug-likeness (QED) is 0.580. The molecule has 4 rings (SSSR count). The fraction of sp³-hybridized carbons (Fsp3) is 0.150. The van der Waals surface area contributed by atoms with Gasteiger partial charge in [-0.25, -0.2) is 4.79 Å². The highest BCUT2D eigenvalue weighted by molar-refractivity contribution is 9.10. The first-order valence-electron chi connectivity index (χ1n) is 8.71. The molecule has 1 unspecified atom stereocenters. The van der Waals surface area contributed by atoms with Gasteiger partial charge in [0.1, 0.15) is 5.56 Å². The van der Waals surface area contributed by atoms with E-state index in [0.29, 0.717) is 12.1 Å². The van der Waals surface area contributed by atoms with Gasteiger partial charge in [0.15, 0.2) is 0 Å². The third kappa shape index (κ3) is 3.50. The molecule has 1 aliphatic rings. The Balaban J connectivity index is 1.66. The van der Waals surface area contributed by atoms with E-state index in [2.05, 4.69) is 31.4 Å². The number of H-pyrrole nitrogens is 1. The molecule has 0 radical (unpaired) electrons. The largest absolute Gasteiger partial charge is 0.494 e. The molecule has 0 spiro atoms. The minimum absolute atomic E-state index is 0.0163. The zero-order valence-electron chi connectivity index (χ0n) is 14.7. The van der Waals surface area contributed by atoms with Crippen LogP contribution in [0.5, 0.6) is 5.88 Å². The van der Waals surface area contributed by atoms with Crippen LogP contribution in [-0.2, 0) is 6.54 Å². The molecular weight excluding hydrogens is 424 g/mol. The number of hydrogen-bond acceptors (Lipinski definition) is 5. The number of aromatic hydroxyl groups is 1. The van der Waals surface area contributed by atoms with Crippen molar-refractivity contribution in [1.82, 2.24) is 15.0 Å². The van der Waals surface area contributed by atoms with Gasteiger partial charge in [0.05, 0.1) is 18.3 Å². The van der Waals surface area contributed by atoms with Gasteiger partial charge in [-0.2, -0.15) is 5.10 Å². The van der Waals surface area contributed by atoms with Gasteiger partial charge in [0.25, 0.3) is 5.56 Å². The molecule has 0 saturated heterocycles. The van der Waals surface area contributed by atoms with Gasteiger partial charge < -0.3 is 10.5 Å². The lowest BCUT2D eigenvalue weighted by atomic mass is 10.00. The number of aromatic nitrogens is 2. The van der Waals surface area contributed by atoms with E-state index in [1.807, 2.05) is 54.6 Å². The summed E-state index contributed by atoms with van der Waals surface area (Å²) >= 11 is 3.40. The van der Waals surface area contributed by atoms with Crippen molar-refractivity contribution in [1.29, 1.82) is 0 Å². The highest BCUT2D eigenvalue weighted by atomic mass is 79.9. The van der Waals surface area contributed by atoms with Crippen LogP contribution in [0.1, 0.15) is 29.2 Å². The lowest BCUT2D eigenvalue weighted by molar-refractivity contribution is 0.408. The van der Waals surface area contributed by atoms with E-state index in [1.54, 1.807) is 0 Å². The van der Waals surface area contributed by atoms with Crippen molar-refractivity contribution in [2.45, 2.75) is 19.0 Å². The van der Waals surface area contributed by atoms with Gasteiger partial charge in [-0.05, 0) is 23.3 Å². The molecule has 2 aromatic carbocycles. The van der Waals surface area contributed by atoms with Crippen LogP contribution >= 0.6 is 15.9 Å². The first-order chi connectivity index (χ1) is 13.5. The van der Waals surface area contributed by atoms with Gasteiger partial charge in [0, 0.05) is 10.9 Å². The van der Waals surface area contributed by atoms with E-state index in [9.17, 15) is 14.7 Å². The summed E-state index contributed by atoms with van der Waals surface area (Å²) in [5.41, 5.74) is 3.96. The molecule has 1 aromatic heterocycles. The van der Waals surface area contributed by atoms with E-state index in [1.165, 1.54) is 0 Å². The molecule has 8 heteroatoms. The molecule has 28 heavy (non-hydrogen) atoms. The maximum Gasteiger partial charge on any atom is 0.331 e. The number of nitrogens with one attached hydrogen (secondary N) is 2. The van der Waals surface area contributed by atoms with Crippen LogP contribution in [-0.4, -0.2) is 20.4 Å². The Hall–Kier alpha value is -3.13. The average Bonchev–Trinajstić information content (AvgIpc) is 3.16. The van der Waals surface area contributed by atoms with Crippen LogP contribution in [0, 0.1) is 0 Å². The molecule has 0 bridgehead atoms. The zero-order chi connectivity index (χ0) is 19.7. The molecule has 2 heterocycles. The topological polar surface area (TPSA) is 99.5 Å². The number of benzene rings is 2. The van der Waals surface area contributed by atoms with Gasteiger partial charge in [-0.15, -0.1) is 0 Å². The molecule has 7 nitrogen and oxygen atoms in total. The molecule has 0 amide bonds. The van der Waals surface area contributed by atoms with Crippen LogP contribution in [0.3, 0.4) is 0 Å². The Morgan fingerprint density at radius 3 is 2.54 bits per heavy atom. The number of hydrazone groups is 1. The van der Waals surface area contributed by atoms with Crippen molar-refractivity contribution in [2.24, 2.45) is 5.10 Å². The summed E-state index contributed by atoms with van der Waals surface area (Å²) in [5, 5.41) is 14.9. The van der Waals surface area contributed by atoms with Gasteiger partial charge in [-0.3, -0.25) is 14.3 Å². The normalized spacial score (nSPS) is 15.9. The average molecular weight is 441 g/mol. The second kappa shape index (κ2) is 7.47. The van der Waals surface area contributed by atoms with Gasteiger partial charge >= 0.3 is 5.69 Å². The molecule has 0 fully saturated rings. The number of rotatable bonds is 4. The minimum atomic E-state index is -0.661. The molecule has 0 aliphatic carbocycles. The number of halogens is 1. The predicted molar refractivity (Wildman–Crippen MR) is 110 cm³/mol. The number of aromatic amines is 1. The van der Waals surface area contributed by atoms with Gasteiger partial charge in [0.2, 0.25) is 5.88 Å². The van der Waals surface area contributed by atoms with E-state index in [0.717, 1.165) is 20.2 Å². The fourth-order valence-electron chi connectivity index (χ4n) is 3.22. The molecule has 1 aliphatic heterocycles.